The van der Waals surface area contributed by atoms with Gasteiger partial charge in [-0.2, -0.15) is 15.0 Å². The predicted molar refractivity (Wildman–Crippen MR) is 72.0 cm³/mol. The van der Waals surface area contributed by atoms with E-state index in [4.69, 9.17) is 15.6 Å². The molecular weight excluding hydrogens is 280 g/mol. The van der Waals surface area contributed by atoms with Gasteiger partial charge in [0.15, 0.2) is 0 Å². The second kappa shape index (κ2) is 6.20. The van der Waals surface area contributed by atoms with Gasteiger partial charge in [0.25, 0.3) is 0 Å². The Balaban J connectivity index is 2.05. The zero-order valence-corrected chi connectivity index (χ0v) is 11.5. The number of piperazine rings is 1. The first-order valence-electron chi connectivity index (χ1n) is 6.42. The van der Waals surface area contributed by atoms with Crippen LogP contribution >= 0.6 is 0 Å². The van der Waals surface area contributed by atoms with E-state index in [-0.39, 0.29) is 18.0 Å². The molecule has 0 unspecified atom stereocenters. The normalized spacial score (nSPS) is 14.9. The fraction of sp³-hybridized carbons (Fsp3) is 0.545. The zero-order valence-electron chi connectivity index (χ0n) is 11.5. The highest BCUT2D eigenvalue weighted by atomic mass is 16.6. The van der Waals surface area contributed by atoms with Crippen molar-refractivity contribution in [2.75, 3.05) is 43.4 Å². The number of hydrogen-bond acceptors (Lipinski definition) is 8. The Morgan fingerprint density at radius 1 is 1.24 bits per heavy atom. The summed E-state index contributed by atoms with van der Waals surface area (Å²) in [5.74, 6) is -1.62. The van der Waals surface area contributed by atoms with Gasteiger partial charge in [-0.3, -0.25) is 0 Å². The summed E-state index contributed by atoms with van der Waals surface area (Å²) in [7, 11) is 0. The first-order chi connectivity index (χ1) is 10.0. The number of carboxylic acid groups (broad SMARTS) is 1. The Labute approximate surface area is 120 Å². The molecule has 21 heavy (non-hydrogen) atoms. The number of nitrogens with two attached hydrogens (primary N) is 1. The van der Waals surface area contributed by atoms with E-state index in [0.29, 0.717) is 32.8 Å². The highest BCUT2D eigenvalue weighted by molar-refractivity contribution is 5.83. The topological polar surface area (TPSA) is 135 Å². The number of hydrogen-bond donors (Lipinski definition) is 2. The number of carbonyl (C=O) groups is 2. The largest absolute Gasteiger partial charge is 0.475 e. The van der Waals surface area contributed by atoms with Crippen LogP contribution in [0.5, 0.6) is 0 Å². The maximum atomic E-state index is 11.6. The number of rotatable bonds is 3. The summed E-state index contributed by atoms with van der Waals surface area (Å²) in [6, 6.07) is 0. The molecule has 2 rings (SSSR count). The molecule has 3 N–H and O–H groups in total. The smallest absolute Gasteiger partial charge is 0.409 e. The lowest BCUT2D eigenvalue weighted by molar-refractivity contribution is 0.0683. The number of aromatic nitrogens is 3. The van der Waals surface area contributed by atoms with Crippen molar-refractivity contribution in [1.82, 2.24) is 19.9 Å². The Hall–Kier alpha value is -2.65. The summed E-state index contributed by atoms with van der Waals surface area (Å²) in [6.45, 7) is 3.86. The van der Waals surface area contributed by atoms with Crippen LogP contribution in [0.3, 0.4) is 0 Å². The molecule has 1 aliphatic rings. The molecule has 0 saturated carbocycles. The van der Waals surface area contributed by atoms with Crippen molar-refractivity contribution in [2.24, 2.45) is 0 Å². The maximum absolute atomic E-state index is 11.6. The van der Waals surface area contributed by atoms with Crippen molar-refractivity contribution >= 4 is 24.0 Å². The van der Waals surface area contributed by atoms with Crippen LogP contribution in [0.15, 0.2) is 0 Å². The molecule has 0 aliphatic carbocycles. The van der Waals surface area contributed by atoms with Gasteiger partial charge in [-0.25, -0.2) is 9.59 Å². The SMILES string of the molecule is CCOC(=O)N1CCN(c2nc(N)nc(C(=O)O)n2)CC1. The van der Waals surface area contributed by atoms with E-state index in [1.165, 1.54) is 0 Å². The predicted octanol–water partition coefficient (Wildman–Crippen LogP) is -0.569. The Bertz CT molecular complexity index is 544. The lowest BCUT2D eigenvalue weighted by Crippen LogP contribution is -2.49. The number of carbonyl (C=O) groups excluding carboxylic acids is 1. The van der Waals surface area contributed by atoms with Crippen LogP contribution in [-0.4, -0.2) is 69.8 Å². The van der Waals surface area contributed by atoms with Gasteiger partial charge < -0.3 is 25.4 Å². The quantitative estimate of drug-likeness (QED) is 0.751. The summed E-state index contributed by atoms with van der Waals surface area (Å²) < 4.78 is 4.92. The second-order valence-corrected chi connectivity index (χ2v) is 4.30. The van der Waals surface area contributed by atoms with E-state index in [1.54, 1.807) is 16.7 Å². The van der Waals surface area contributed by atoms with Crippen molar-refractivity contribution in [1.29, 1.82) is 0 Å². The summed E-state index contributed by atoms with van der Waals surface area (Å²) in [5.41, 5.74) is 5.48. The van der Waals surface area contributed by atoms with Gasteiger partial charge >= 0.3 is 12.1 Å². The molecule has 1 aliphatic heterocycles. The number of nitrogens with zero attached hydrogens (tertiary/aromatic N) is 5. The van der Waals surface area contributed by atoms with Crippen LogP contribution in [0, 0.1) is 0 Å². The minimum absolute atomic E-state index is 0.148. The average molecular weight is 296 g/mol. The van der Waals surface area contributed by atoms with Gasteiger partial charge in [0, 0.05) is 26.2 Å². The molecule has 1 aromatic heterocycles. The molecule has 1 saturated heterocycles. The van der Waals surface area contributed by atoms with Crippen LogP contribution in [0.2, 0.25) is 0 Å². The van der Waals surface area contributed by atoms with Crippen molar-refractivity contribution < 1.29 is 19.4 Å². The molecule has 1 amide bonds. The van der Waals surface area contributed by atoms with Crippen LogP contribution in [0.4, 0.5) is 16.7 Å². The third-order valence-corrected chi connectivity index (χ3v) is 2.92. The van der Waals surface area contributed by atoms with E-state index in [2.05, 4.69) is 15.0 Å². The maximum Gasteiger partial charge on any atom is 0.409 e. The second-order valence-electron chi connectivity index (χ2n) is 4.30. The van der Waals surface area contributed by atoms with E-state index in [1.807, 2.05) is 0 Å². The molecule has 0 radical (unpaired) electrons. The molecule has 114 valence electrons. The van der Waals surface area contributed by atoms with Crippen molar-refractivity contribution in [3.8, 4) is 0 Å². The minimum Gasteiger partial charge on any atom is -0.475 e. The molecule has 0 aromatic carbocycles. The molecule has 2 heterocycles. The number of aromatic carboxylic acids is 1. The highest BCUT2D eigenvalue weighted by Gasteiger charge is 2.24. The van der Waals surface area contributed by atoms with E-state index in [9.17, 15) is 9.59 Å². The fourth-order valence-electron chi connectivity index (χ4n) is 1.92. The van der Waals surface area contributed by atoms with Gasteiger partial charge in [-0.1, -0.05) is 0 Å². The standard InChI is InChI=1S/C11H16N6O4/c1-2-21-11(20)17-5-3-16(4-6-17)10-14-7(8(18)19)13-9(12)15-10/h2-6H2,1H3,(H,18,19)(H2,12,13,14,15). The first kappa shape index (κ1) is 14.8. The molecule has 0 spiro atoms. The number of anilines is 2. The Morgan fingerprint density at radius 3 is 2.48 bits per heavy atom. The van der Waals surface area contributed by atoms with E-state index >= 15 is 0 Å². The summed E-state index contributed by atoms with van der Waals surface area (Å²) >= 11 is 0. The average Bonchev–Trinajstić information content (AvgIpc) is 2.47. The highest BCUT2D eigenvalue weighted by Crippen LogP contribution is 2.13. The number of carboxylic acids is 1. The number of amides is 1. The monoisotopic (exact) mass is 296 g/mol. The van der Waals surface area contributed by atoms with Crippen LogP contribution in [0.1, 0.15) is 17.5 Å². The molecule has 10 heteroatoms. The third-order valence-electron chi connectivity index (χ3n) is 2.92. The fourth-order valence-corrected chi connectivity index (χ4v) is 1.92. The van der Waals surface area contributed by atoms with Crippen LogP contribution in [0.25, 0.3) is 0 Å². The van der Waals surface area contributed by atoms with E-state index in [0.717, 1.165) is 0 Å². The summed E-state index contributed by atoms with van der Waals surface area (Å²) in [6.07, 6.45) is -0.362. The zero-order chi connectivity index (χ0) is 15.4. The van der Waals surface area contributed by atoms with Gasteiger partial charge in [0.2, 0.25) is 17.7 Å². The van der Waals surface area contributed by atoms with E-state index < -0.39 is 11.8 Å². The Morgan fingerprint density at radius 2 is 1.90 bits per heavy atom. The van der Waals surface area contributed by atoms with Crippen molar-refractivity contribution in [2.45, 2.75) is 6.92 Å². The van der Waals surface area contributed by atoms with Gasteiger partial charge in [-0.15, -0.1) is 0 Å². The number of ether oxygens (including phenoxy) is 1. The van der Waals surface area contributed by atoms with Gasteiger partial charge in [-0.05, 0) is 6.92 Å². The Kier molecular flexibility index (Phi) is 4.36. The third kappa shape index (κ3) is 3.46. The molecule has 1 aromatic rings. The molecule has 10 nitrogen and oxygen atoms in total. The van der Waals surface area contributed by atoms with Gasteiger partial charge in [0.1, 0.15) is 0 Å². The van der Waals surface area contributed by atoms with Crippen molar-refractivity contribution in [3.05, 3.63) is 5.82 Å². The molecule has 0 bridgehead atoms. The van der Waals surface area contributed by atoms with Crippen LogP contribution < -0.4 is 10.6 Å². The molecular formula is C11H16N6O4. The first-order valence-corrected chi connectivity index (χ1v) is 6.42. The summed E-state index contributed by atoms with van der Waals surface area (Å²) in [5, 5.41) is 8.91. The van der Waals surface area contributed by atoms with Gasteiger partial charge in [0.05, 0.1) is 6.61 Å². The van der Waals surface area contributed by atoms with Crippen molar-refractivity contribution in [3.63, 3.8) is 0 Å². The lowest BCUT2D eigenvalue weighted by atomic mass is 10.3. The van der Waals surface area contributed by atoms with Crippen LogP contribution in [-0.2, 0) is 4.74 Å². The summed E-state index contributed by atoms with van der Waals surface area (Å²) in [4.78, 5) is 37.1. The molecule has 1 fully saturated rings. The minimum atomic E-state index is -1.27. The lowest BCUT2D eigenvalue weighted by Gasteiger charge is -2.33. The number of nitrogen functional groups attached to an aromatic ring is 1. The molecule has 0 atom stereocenters.